The zero-order valence-corrected chi connectivity index (χ0v) is 18.4. The van der Waals surface area contributed by atoms with Gasteiger partial charge in [-0.2, -0.15) is 4.98 Å². The number of rotatable bonds is 6. The summed E-state index contributed by atoms with van der Waals surface area (Å²) < 4.78 is 12.5. The van der Waals surface area contributed by atoms with Crippen molar-refractivity contribution in [1.29, 1.82) is 0 Å². The van der Waals surface area contributed by atoms with E-state index in [1.165, 1.54) is 11.8 Å². The Hall–Kier alpha value is -3.26. The smallest absolute Gasteiger partial charge is 0.279 e. The molecule has 1 aliphatic heterocycles. The summed E-state index contributed by atoms with van der Waals surface area (Å²) >= 11 is 1.46. The lowest BCUT2D eigenvalue weighted by Crippen LogP contribution is -2.33. The molecule has 1 N–H and O–H groups in total. The number of amides is 1. The van der Waals surface area contributed by atoms with E-state index < -0.39 is 5.92 Å². The van der Waals surface area contributed by atoms with Gasteiger partial charge in [-0.3, -0.25) is 9.59 Å². The second-order valence-electron chi connectivity index (χ2n) is 7.21. The van der Waals surface area contributed by atoms with Crippen LogP contribution in [-0.2, 0) is 17.6 Å². The van der Waals surface area contributed by atoms with Crippen LogP contribution in [0, 0.1) is 0 Å². The second-order valence-corrected chi connectivity index (χ2v) is 8.16. The van der Waals surface area contributed by atoms with Crippen LogP contribution >= 0.6 is 11.8 Å². The maximum absolute atomic E-state index is 13.1. The van der Waals surface area contributed by atoms with Gasteiger partial charge >= 0.3 is 0 Å². The Morgan fingerprint density at radius 3 is 2.55 bits per heavy atom. The van der Waals surface area contributed by atoms with Crippen LogP contribution in [0.25, 0.3) is 0 Å². The van der Waals surface area contributed by atoms with Gasteiger partial charge < -0.3 is 19.4 Å². The van der Waals surface area contributed by atoms with E-state index in [0.717, 1.165) is 11.1 Å². The van der Waals surface area contributed by atoms with Crippen molar-refractivity contribution in [3.05, 3.63) is 75.6 Å². The molecule has 8 heteroatoms. The normalized spacial score (nSPS) is 15.2. The number of nitrogens with one attached hydrogen (secondary N) is 1. The molecule has 0 bridgehead atoms. The summed E-state index contributed by atoms with van der Waals surface area (Å²) in [6.07, 6.45) is 0.163. The lowest BCUT2D eigenvalue weighted by Gasteiger charge is -2.28. The Kier molecular flexibility index (Phi) is 5.99. The molecule has 2 heterocycles. The number of carbonyl (C=O) groups excluding carboxylic acids is 1. The Morgan fingerprint density at radius 2 is 1.84 bits per heavy atom. The van der Waals surface area contributed by atoms with E-state index in [2.05, 4.69) is 10.3 Å². The Morgan fingerprint density at radius 1 is 1.10 bits per heavy atom. The van der Waals surface area contributed by atoms with E-state index in [-0.39, 0.29) is 17.9 Å². The topological polar surface area (TPSA) is 82.5 Å². The first-order valence-corrected chi connectivity index (χ1v) is 10.8. The summed E-state index contributed by atoms with van der Waals surface area (Å²) in [6.45, 7) is 0. The molecule has 1 aromatic heterocycles. The van der Waals surface area contributed by atoms with Crippen molar-refractivity contribution in [2.45, 2.75) is 23.2 Å². The van der Waals surface area contributed by atoms with Crippen molar-refractivity contribution in [2.24, 2.45) is 7.05 Å². The van der Waals surface area contributed by atoms with Crippen LogP contribution < -0.4 is 20.3 Å². The number of aromatic nitrogens is 2. The largest absolute Gasteiger partial charge is 0.493 e. The fraction of sp³-hybridized carbons (Fsp3) is 0.261. The Balaban J connectivity index is 1.73. The molecular weight excluding hydrogens is 414 g/mol. The van der Waals surface area contributed by atoms with Gasteiger partial charge in [0.05, 0.1) is 19.8 Å². The quantitative estimate of drug-likeness (QED) is 0.469. The van der Waals surface area contributed by atoms with Crippen LogP contribution in [0.15, 0.2) is 58.5 Å². The van der Waals surface area contributed by atoms with Crippen molar-refractivity contribution < 1.29 is 14.3 Å². The molecule has 2 aromatic carbocycles. The number of ether oxygens (including phenoxy) is 2. The summed E-state index contributed by atoms with van der Waals surface area (Å²) in [6, 6.07) is 15.4. The minimum Gasteiger partial charge on any atom is -0.493 e. The molecule has 0 fully saturated rings. The third-order valence-corrected chi connectivity index (χ3v) is 6.42. The number of hydrogen-bond donors (Lipinski definition) is 1. The maximum atomic E-state index is 13.1. The molecule has 0 saturated heterocycles. The van der Waals surface area contributed by atoms with Gasteiger partial charge in [-0.15, -0.1) is 0 Å². The van der Waals surface area contributed by atoms with Gasteiger partial charge in [0.1, 0.15) is 5.82 Å². The average Bonchev–Trinajstić information content (AvgIpc) is 2.80. The first kappa shape index (κ1) is 21.0. The number of benzene rings is 2. The number of thioether (sulfide) groups is 1. The number of methoxy groups -OCH3 is 2. The highest BCUT2D eigenvalue weighted by Gasteiger charge is 2.32. The zero-order valence-electron chi connectivity index (χ0n) is 17.5. The minimum atomic E-state index is -0.414. The van der Waals surface area contributed by atoms with E-state index in [4.69, 9.17) is 9.47 Å². The van der Waals surface area contributed by atoms with E-state index in [9.17, 15) is 9.59 Å². The number of carbonyl (C=O) groups is 1. The van der Waals surface area contributed by atoms with Crippen molar-refractivity contribution in [1.82, 2.24) is 9.55 Å². The van der Waals surface area contributed by atoms with Crippen LogP contribution in [0.2, 0.25) is 0 Å². The third kappa shape index (κ3) is 4.16. The summed E-state index contributed by atoms with van der Waals surface area (Å²) in [4.78, 5) is 29.9. The predicted molar refractivity (Wildman–Crippen MR) is 120 cm³/mol. The summed E-state index contributed by atoms with van der Waals surface area (Å²) in [5.41, 5.74) is 2.09. The fourth-order valence-electron chi connectivity index (χ4n) is 3.74. The van der Waals surface area contributed by atoms with Crippen molar-refractivity contribution in [2.75, 3.05) is 19.5 Å². The second kappa shape index (κ2) is 8.85. The van der Waals surface area contributed by atoms with Gasteiger partial charge in [-0.05, 0) is 23.3 Å². The molecule has 160 valence electrons. The minimum absolute atomic E-state index is 0.146. The first-order valence-electron chi connectivity index (χ1n) is 9.81. The molecule has 1 amide bonds. The van der Waals surface area contributed by atoms with Crippen LogP contribution in [0.3, 0.4) is 0 Å². The average molecular weight is 438 g/mol. The molecule has 1 unspecified atom stereocenters. The molecule has 3 aromatic rings. The third-order valence-electron chi connectivity index (χ3n) is 5.32. The van der Waals surface area contributed by atoms with Gasteiger partial charge in [0.2, 0.25) is 5.91 Å². The molecule has 0 radical (unpaired) electrons. The van der Waals surface area contributed by atoms with Crippen LogP contribution in [0.1, 0.15) is 29.0 Å². The number of anilines is 1. The summed E-state index contributed by atoms with van der Waals surface area (Å²) in [7, 11) is 4.94. The molecule has 1 aliphatic rings. The predicted octanol–water partition coefficient (Wildman–Crippen LogP) is 3.56. The SMILES string of the molecule is COc1ccc(C2CC(=O)Nc3c2c(=O)nc(SCc2ccccc2)n3C)cc1OC. The van der Waals surface area contributed by atoms with Crippen LogP contribution in [-0.4, -0.2) is 29.7 Å². The lowest BCUT2D eigenvalue weighted by molar-refractivity contribution is -0.116. The summed E-state index contributed by atoms with van der Waals surface area (Å²) in [5.74, 6) is 1.74. The molecular formula is C23H23N3O4S. The van der Waals surface area contributed by atoms with Crippen molar-refractivity contribution in [3.8, 4) is 11.5 Å². The number of hydrogen-bond acceptors (Lipinski definition) is 6. The van der Waals surface area contributed by atoms with Crippen molar-refractivity contribution >= 4 is 23.5 Å². The van der Waals surface area contributed by atoms with Gasteiger partial charge in [0, 0.05) is 25.1 Å². The van der Waals surface area contributed by atoms with E-state index >= 15 is 0 Å². The van der Waals surface area contributed by atoms with E-state index in [1.807, 2.05) is 49.5 Å². The Bertz CT molecular complexity index is 1180. The number of fused-ring (bicyclic) bond motifs is 1. The monoisotopic (exact) mass is 437 g/mol. The van der Waals surface area contributed by atoms with Crippen LogP contribution in [0.5, 0.6) is 11.5 Å². The van der Waals surface area contributed by atoms with Crippen LogP contribution in [0.4, 0.5) is 5.82 Å². The first-order chi connectivity index (χ1) is 15.0. The highest BCUT2D eigenvalue weighted by molar-refractivity contribution is 7.98. The summed E-state index contributed by atoms with van der Waals surface area (Å²) in [5, 5.41) is 3.43. The van der Waals surface area contributed by atoms with Gasteiger partial charge in [-0.25, -0.2) is 0 Å². The van der Waals surface area contributed by atoms with E-state index in [0.29, 0.717) is 33.8 Å². The highest BCUT2D eigenvalue weighted by Crippen LogP contribution is 2.39. The van der Waals surface area contributed by atoms with Gasteiger partial charge in [0.25, 0.3) is 5.56 Å². The molecule has 4 rings (SSSR count). The van der Waals surface area contributed by atoms with E-state index in [1.54, 1.807) is 24.9 Å². The molecule has 31 heavy (non-hydrogen) atoms. The highest BCUT2D eigenvalue weighted by atomic mass is 32.2. The number of nitrogens with zero attached hydrogens (tertiary/aromatic N) is 2. The standard InChI is InChI=1S/C23H23N3O4S/c1-26-21-20(22(28)25-23(26)31-13-14-7-5-4-6-8-14)16(12-19(27)24-21)15-9-10-17(29-2)18(11-15)30-3/h4-11,16H,12-13H2,1-3H3,(H,24,27). The lowest BCUT2D eigenvalue weighted by atomic mass is 9.86. The molecule has 0 saturated carbocycles. The fourth-order valence-corrected chi connectivity index (χ4v) is 4.66. The molecule has 1 atom stereocenters. The Labute approximate surface area is 184 Å². The maximum Gasteiger partial charge on any atom is 0.279 e. The van der Waals surface area contributed by atoms with Gasteiger partial charge in [0.15, 0.2) is 16.7 Å². The zero-order chi connectivity index (χ0) is 22.0. The molecule has 7 nitrogen and oxygen atoms in total. The van der Waals surface area contributed by atoms with Crippen molar-refractivity contribution in [3.63, 3.8) is 0 Å². The molecule has 0 aliphatic carbocycles. The molecule has 0 spiro atoms. The van der Waals surface area contributed by atoms with Gasteiger partial charge in [-0.1, -0.05) is 48.2 Å².